The predicted octanol–water partition coefficient (Wildman–Crippen LogP) is 3.93. The molecule has 8 heteroatoms. The first-order valence-corrected chi connectivity index (χ1v) is 10.1. The first kappa shape index (κ1) is 20.5. The fraction of sp³-hybridized carbons (Fsp3) is 0.238. The van der Waals surface area contributed by atoms with Crippen LogP contribution in [-0.2, 0) is 17.6 Å². The third-order valence-electron chi connectivity index (χ3n) is 4.24. The van der Waals surface area contributed by atoms with Gasteiger partial charge in [0.05, 0.1) is 18.4 Å². The van der Waals surface area contributed by atoms with Crippen LogP contribution in [0.25, 0.3) is 0 Å². The topological polar surface area (TPSA) is 93.2 Å². The Kier molecular flexibility index (Phi) is 6.91. The summed E-state index contributed by atoms with van der Waals surface area (Å²) in [6, 6.07) is 14.5. The molecule has 0 saturated heterocycles. The number of hydrogen-bond donors (Lipinski definition) is 2. The first-order chi connectivity index (χ1) is 14.1. The highest BCUT2D eigenvalue weighted by atomic mass is 32.1. The van der Waals surface area contributed by atoms with Crippen LogP contribution in [0.5, 0.6) is 5.75 Å². The molecule has 2 N–H and O–H groups in total. The van der Waals surface area contributed by atoms with E-state index in [0.717, 1.165) is 22.7 Å². The molecule has 29 heavy (non-hydrogen) atoms. The molecule has 0 spiro atoms. The van der Waals surface area contributed by atoms with Gasteiger partial charge in [0.1, 0.15) is 10.8 Å². The molecule has 0 aliphatic heterocycles. The van der Waals surface area contributed by atoms with Gasteiger partial charge in [-0.25, -0.2) is 0 Å². The van der Waals surface area contributed by atoms with E-state index in [1.807, 2.05) is 31.2 Å². The van der Waals surface area contributed by atoms with Crippen LogP contribution in [0, 0.1) is 0 Å². The lowest BCUT2D eigenvalue weighted by atomic mass is 10.1. The van der Waals surface area contributed by atoms with Gasteiger partial charge in [-0.2, -0.15) is 0 Å². The van der Waals surface area contributed by atoms with Crippen LogP contribution in [0.1, 0.15) is 34.3 Å². The Morgan fingerprint density at radius 1 is 1.03 bits per heavy atom. The summed E-state index contributed by atoms with van der Waals surface area (Å²) in [5.41, 5.74) is 1.87. The Balaban J connectivity index is 1.61. The van der Waals surface area contributed by atoms with Gasteiger partial charge in [-0.15, -0.1) is 10.2 Å². The number of aromatic nitrogens is 2. The molecule has 0 aliphatic carbocycles. The Labute approximate surface area is 173 Å². The van der Waals surface area contributed by atoms with Gasteiger partial charge in [-0.1, -0.05) is 42.5 Å². The van der Waals surface area contributed by atoms with E-state index in [1.165, 1.54) is 11.3 Å². The highest BCUT2D eigenvalue weighted by Gasteiger charge is 2.15. The molecule has 0 radical (unpaired) electrons. The molecule has 0 saturated carbocycles. The first-order valence-electron chi connectivity index (χ1n) is 9.24. The van der Waals surface area contributed by atoms with E-state index < -0.39 is 0 Å². The third kappa shape index (κ3) is 5.61. The number of rotatable bonds is 8. The van der Waals surface area contributed by atoms with Crippen molar-refractivity contribution in [2.45, 2.75) is 26.2 Å². The molecule has 0 aliphatic rings. The minimum Gasteiger partial charge on any atom is -0.497 e. The second-order valence-corrected chi connectivity index (χ2v) is 7.31. The van der Waals surface area contributed by atoms with Gasteiger partial charge < -0.3 is 10.1 Å². The summed E-state index contributed by atoms with van der Waals surface area (Å²) in [4.78, 5) is 25.0. The Morgan fingerprint density at radius 3 is 2.48 bits per heavy atom. The van der Waals surface area contributed by atoms with Crippen LogP contribution in [0.4, 0.5) is 10.8 Å². The van der Waals surface area contributed by atoms with Crippen molar-refractivity contribution in [2.24, 2.45) is 0 Å². The summed E-state index contributed by atoms with van der Waals surface area (Å²) < 4.78 is 5.13. The minimum absolute atomic E-state index is 0.162. The van der Waals surface area contributed by atoms with Crippen LogP contribution in [0.15, 0.2) is 48.5 Å². The van der Waals surface area contributed by atoms with E-state index in [-0.39, 0.29) is 11.8 Å². The number of para-hydroxylation sites is 1. The van der Waals surface area contributed by atoms with E-state index in [1.54, 1.807) is 31.4 Å². The lowest BCUT2D eigenvalue weighted by molar-refractivity contribution is -0.116. The van der Waals surface area contributed by atoms with Crippen molar-refractivity contribution in [3.8, 4) is 5.75 Å². The average molecular weight is 410 g/mol. The lowest BCUT2D eigenvalue weighted by Crippen LogP contribution is -2.18. The molecule has 7 nitrogen and oxygen atoms in total. The monoisotopic (exact) mass is 410 g/mol. The van der Waals surface area contributed by atoms with Crippen LogP contribution in [-0.4, -0.2) is 29.1 Å². The summed E-state index contributed by atoms with van der Waals surface area (Å²) >= 11 is 1.33. The number of benzene rings is 2. The Hall–Kier alpha value is -3.26. The number of ether oxygens (including phenoxy) is 1. The second kappa shape index (κ2) is 9.79. The zero-order valence-corrected chi connectivity index (χ0v) is 17.1. The van der Waals surface area contributed by atoms with Crippen molar-refractivity contribution in [1.29, 1.82) is 0 Å². The number of hydrogen-bond acceptors (Lipinski definition) is 6. The number of carbonyl (C=O) groups excluding carboxylic acids is 2. The van der Waals surface area contributed by atoms with Gasteiger partial charge in [0, 0.05) is 6.42 Å². The molecule has 0 unspecified atom stereocenters. The minimum atomic E-state index is -0.338. The normalized spacial score (nSPS) is 10.4. The van der Waals surface area contributed by atoms with E-state index >= 15 is 0 Å². The summed E-state index contributed by atoms with van der Waals surface area (Å²) in [5, 5.41) is 14.8. The highest BCUT2D eigenvalue weighted by Crippen LogP contribution is 2.20. The number of nitrogens with zero attached hydrogens (tertiary/aromatic N) is 2. The van der Waals surface area contributed by atoms with Gasteiger partial charge in [0.25, 0.3) is 5.91 Å². The number of aryl methyl sites for hydroxylation is 2. The van der Waals surface area contributed by atoms with Crippen LogP contribution in [0.3, 0.4) is 0 Å². The van der Waals surface area contributed by atoms with Gasteiger partial charge in [-0.05, 0) is 42.7 Å². The van der Waals surface area contributed by atoms with Crippen molar-refractivity contribution in [3.05, 3.63) is 64.7 Å². The van der Waals surface area contributed by atoms with Crippen molar-refractivity contribution < 1.29 is 14.3 Å². The van der Waals surface area contributed by atoms with Crippen LogP contribution < -0.4 is 15.4 Å². The highest BCUT2D eigenvalue weighted by molar-refractivity contribution is 7.15. The number of nitrogens with one attached hydrogen (secondary N) is 2. The number of carbonyl (C=O) groups is 2. The average Bonchev–Trinajstić information content (AvgIpc) is 3.20. The van der Waals surface area contributed by atoms with E-state index in [2.05, 4.69) is 20.8 Å². The van der Waals surface area contributed by atoms with E-state index in [9.17, 15) is 9.59 Å². The number of anilines is 2. The van der Waals surface area contributed by atoms with Gasteiger partial charge in [0.2, 0.25) is 11.0 Å². The maximum atomic E-state index is 12.6. The Bertz CT molecular complexity index is 986. The standard InChI is InChI=1S/C21H22N4O3S/c1-3-19-24-25-21(29-19)23-20(27)16-6-4-5-7-17(16)22-18(26)13-10-14-8-11-15(28-2)12-9-14/h4-9,11-12H,3,10,13H2,1-2H3,(H,22,26)(H,23,25,27). The molecule has 3 rings (SSSR count). The fourth-order valence-electron chi connectivity index (χ4n) is 2.66. The molecule has 150 valence electrons. The van der Waals surface area contributed by atoms with Crippen molar-refractivity contribution in [2.75, 3.05) is 17.7 Å². The second-order valence-electron chi connectivity index (χ2n) is 6.25. The molecular formula is C21H22N4O3S. The molecule has 2 amide bonds. The van der Waals surface area contributed by atoms with Crippen LogP contribution >= 0.6 is 11.3 Å². The molecule has 2 aromatic carbocycles. The van der Waals surface area contributed by atoms with Gasteiger partial charge >= 0.3 is 0 Å². The summed E-state index contributed by atoms with van der Waals surface area (Å²) in [6.45, 7) is 1.98. The maximum absolute atomic E-state index is 12.6. The molecule has 1 aromatic heterocycles. The number of methoxy groups -OCH3 is 1. The summed E-state index contributed by atoms with van der Waals surface area (Å²) in [5.74, 6) is 0.278. The molecule has 1 heterocycles. The summed E-state index contributed by atoms with van der Waals surface area (Å²) in [6.07, 6.45) is 1.65. The van der Waals surface area contributed by atoms with Crippen molar-refractivity contribution in [3.63, 3.8) is 0 Å². The lowest BCUT2D eigenvalue weighted by Gasteiger charge is -2.10. The molecule has 0 bridgehead atoms. The SMILES string of the molecule is CCc1nnc(NC(=O)c2ccccc2NC(=O)CCc2ccc(OC)cc2)s1. The van der Waals surface area contributed by atoms with Crippen LogP contribution in [0.2, 0.25) is 0 Å². The predicted molar refractivity (Wildman–Crippen MR) is 114 cm³/mol. The van der Waals surface area contributed by atoms with Crippen molar-refractivity contribution >= 4 is 34.0 Å². The van der Waals surface area contributed by atoms with Gasteiger partial charge in [-0.3, -0.25) is 14.9 Å². The largest absolute Gasteiger partial charge is 0.497 e. The van der Waals surface area contributed by atoms with Gasteiger partial charge in [0.15, 0.2) is 0 Å². The van der Waals surface area contributed by atoms with Crippen molar-refractivity contribution in [1.82, 2.24) is 10.2 Å². The third-order valence-corrected chi connectivity index (χ3v) is 5.22. The van der Waals surface area contributed by atoms with E-state index in [4.69, 9.17) is 4.74 Å². The molecule has 3 aromatic rings. The molecular weight excluding hydrogens is 388 g/mol. The zero-order chi connectivity index (χ0) is 20.6. The Morgan fingerprint density at radius 2 is 1.79 bits per heavy atom. The molecule has 0 atom stereocenters. The molecule has 0 fully saturated rings. The zero-order valence-electron chi connectivity index (χ0n) is 16.3. The smallest absolute Gasteiger partial charge is 0.259 e. The maximum Gasteiger partial charge on any atom is 0.259 e. The number of amides is 2. The summed E-state index contributed by atoms with van der Waals surface area (Å²) in [7, 11) is 1.61. The fourth-order valence-corrected chi connectivity index (χ4v) is 3.34. The van der Waals surface area contributed by atoms with E-state index in [0.29, 0.717) is 29.2 Å². The quantitative estimate of drug-likeness (QED) is 0.587.